The average Bonchev–Trinajstić information content (AvgIpc) is 2.42. The SMILES string of the molecule is CN1C2CCCC1CC(O)(Cc1ccccc1OC(F)(F)F)C2. The van der Waals surface area contributed by atoms with Crippen molar-refractivity contribution < 1.29 is 23.0 Å². The number of rotatable bonds is 3. The average molecular weight is 329 g/mol. The summed E-state index contributed by atoms with van der Waals surface area (Å²) in [5.74, 6) is -0.211. The molecule has 1 aromatic carbocycles. The molecule has 1 N–H and O–H groups in total. The van der Waals surface area contributed by atoms with Crippen LogP contribution in [0.25, 0.3) is 0 Å². The third-order valence-corrected chi connectivity index (χ3v) is 5.18. The predicted molar refractivity (Wildman–Crippen MR) is 80.2 cm³/mol. The molecule has 3 nitrogen and oxygen atoms in total. The number of alkyl halides is 3. The van der Waals surface area contributed by atoms with Gasteiger partial charge in [-0.05, 0) is 44.4 Å². The third kappa shape index (κ3) is 3.80. The summed E-state index contributed by atoms with van der Waals surface area (Å²) in [7, 11) is 2.08. The Bertz CT molecular complexity index is 547. The van der Waals surface area contributed by atoms with Crippen molar-refractivity contribution >= 4 is 0 Å². The summed E-state index contributed by atoms with van der Waals surface area (Å²) in [6.07, 6.45) is -0.0989. The van der Waals surface area contributed by atoms with Crippen molar-refractivity contribution in [2.75, 3.05) is 7.05 Å². The van der Waals surface area contributed by atoms with E-state index in [1.54, 1.807) is 12.1 Å². The van der Waals surface area contributed by atoms with Gasteiger partial charge in [-0.15, -0.1) is 13.2 Å². The van der Waals surface area contributed by atoms with Gasteiger partial charge in [0, 0.05) is 18.5 Å². The summed E-state index contributed by atoms with van der Waals surface area (Å²) in [5.41, 5.74) is -0.553. The predicted octanol–water partition coefficient (Wildman–Crippen LogP) is 3.51. The number of piperidine rings is 2. The number of nitrogens with zero attached hydrogens (tertiary/aromatic N) is 1. The Morgan fingerprint density at radius 1 is 1.22 bits per heavy atom. The molecule has 0 spiro atoms. The van der Waals surface area contributed by atoms with E-state index in [0.717, 1.165) is 19.3 Å². The van der Waals surface area contributed by atoms with Gasteiger partial charge in [0.2, 0.25) is 0 Å². The number of ether oxygens (including phenoxy) is 1. The van der Waals surface area contributed by atoms with Crippen LogP contribution in [0, 0.1) is 0 Å². The summed E-state index contributed by atoms with van der Waals surface area (Å²) in [6.45, 7) is 0. The van der Waals surface area contributed by atoms with Crippen LogP contribution in [0.1, 0.15) is 37.7 Å². The van der Waals surface area contributed by atoms with Crippen LogP contribution in [-0.4, -0.2) is 41.1 Å². The summed E-state index contributed by atoms with van der Waals surface area (Å²) in [4.78, 5) is 2.32. The molecule has 1 aromatic rings. The van der Waals surface area contributed by atoms with E-state index in [1.807, 2.05) is 0 Å². The van der Waals surface area contributed by atoms with Gasteiger partial charge in [0.05, 0.1) is 5.60 Å². The van der Waals surface area contributed by atoms with Crippen molar-refractivity contribution in [3.8, 4) is 5.75 Å². The summed E-state index contributed by atoms with van der Waals surface area (Å²) in [5, 5.41) is 11.0. The lowest BCUT2D eigenvalue weighted by Gasteiger charge is -2.50. The van der Waals surface area contributed by atoms with Gasteiger partial charge in [0.1, 0.15) is 5.75 Å². The Labute approximate surface area is 134 Å². The van der Waals surface area contributed by atoms with E-state index in [-0.39, 0.29) is 12.2 Å². The largest absolute Gasteiger partial charge is 0.573 e. The maximum Gasteiger partial charge on any atom is 0.573 e. The quantitative estimate of drug-likeness (QED) is 0.921. The van der Waals surface area contributed by atoms with E-state index in [0.29, 0.717) is 30.5 Å². The Morgan fingerprint density at radius 3 is 2.43 bits per heavy atom. The van der Waals surface area contributed by atoms with Crippen LogP contribution < -0.4 is 4.74 Å². The van der Waals surface area contributed by atoms with Crippen LogP contribution in [0.3, 0.4) is 0 Å². The second kappa shape index (κ2) is 5.98. The number of aliphatic hydroxyl groups is 1. The molecule has 2 heterocycles. The number of hydrogen-bond acceptors (Lipinski definition) is 3. The van der Waals surface area contributed by atoms with Crippen LogP contribution in [0.5, 0.6) is 5.75 Å². The molecule has 0 aromatic heterocycles. The van der Waals surface area contributed by atoms with Crippen molar-refractivity contribution in [3.63, 3.8) is 0 Å². The van der Waals surface area contributed by atoms with Crippen molar-refractivity contribution in [2.45, 2.75) is 62.6 Å². The fourth-order valence-corrected chi connectivity index (χ4v) is 4.12. The van der Waals surface area contributed by atoms with Gasteiger partial charge >= 0.3 is 6.36 Å². The molecular weight excluding hydrogens is 307 g/mol. The second-order valence-corrected chi connectivity index (χ2v) is 6.87. The molecule has 2 fully saturated rings. The zero-order chi connectivity index (χ0) is 16.7. The zero-order valence-corrected chi connectivity index (χ0v) is 13.1. The minimum Gasteiger partial charge on any atom is -0.406 e. The van der Waals surface area contributed by atoms with E-state index >= 15 is 0 Å². The Morgan fingerprint density at radius 2 is 1.83 bits per heavy atom. The van der Waals surface area contributed by atoms with Crippen molar-refractivity contribution in [1.82, 2.24) is 4.90 Å². The minimum atomic E-state index is -4.72. The first kappa shape index (κ1) is 16.6. The van der Waals surface area contributed by atoms with Crippen LogP contribution in [0.15, 0.2) is 24.3 Å². The Hall–Kier alpha value is -1.27. The van der Waals surface area contributed by atoms with Crippen molar-refractivity contribution in [3.05, 3.63) is 29.8 Å². The minimum absolute atomic E-state index is 0.195. The van der Waals surface area contributed by atoms with E-state index in [1.165, 1.54) is 12.1 Å². The molecule has 2 bridgehead atoms. The molecular formula is C17H22F3NO2. The number of para-hydroxylation sites is 1. The highest BCUT2D eigenvalue weighted by Crippen LogP contribution is 2.41. The van der Waals surface area contributed by atoms with Crippen LogP contribution >= 0.6 is 0 Å². The normalized spacial score (nSPS) is 31.9. The van der Waals surface area contributed by atoms with Crippen molar-refractivity contribution in [2.24, 2.45) is 0 Å². The molecule has 23 heavy (non-hydrogen) atoms. The molecule has 2 atom stereocenters. The topological polar surface area (TPSA) is 32.7 Å². The molecule has 3 rings (SSSR count). The van der Waals surface area contributed by atoms with Gasteiger partial charge in [-0.3, -0.25) is 0 Å². The maximum atomic E-state index is 12.5. The first-order chi connectivity index (χ1) is 10.8. The molecule has 2 aliphatic heterocycles. The fraction of sp³-hybridized carbons (Fsp3) is 0.647. The molecule has 2 unspecified atom stereocenters. The first-order valence-corrected chi connectivity index (χ1v) is 8.04. The highest BCUT2D eigenvalue weighted by molar-refractivity contribution is 5.35. The molecule has 0 saturated carbocycles. The fourth-order valence-electron chi connectivity index (χ4n) is 4.12. The van der Waals surface area contributed by atoms with Gasteiger partial charge in [-0.2, -0.15) is 0 Å². The number of benzene rings is 1. The first-order valence-electron chi connectivity index (χ1n) is 8.04. The molecule has 2 aliphatic rings. The Balaban J connectivity index is 1.79. The standard InChI is InChI=1S/C17H22F3NO2/c1-21-13-6-4-7-14(21)11-16(22,10-13)9-12-5-2-3-8-15(12)23-17(18,19)20/h2-3,5,8,13-14,22H,4,6-7,9-11H2,1H3. The van der Waals surface area contributed by atoms with E-state index < -0.39 is 12.0 Å². The highest BCUT2D eigenvalue weighted by atomic mass is 19.4. The lowest BCUT2D eigenvalue weighted by Crippen LogP contribution is -2.57. The molecule has 0 radical (unpaired) electrons. The van der Waals surface area contributed by atoms with Gasteiger partial charge in [0.15, 0.2) is 0 Å². The lowest BCUT2D eigenvalue weighted by atomic mass is 9.73. The number of hydrogen-bond donors (Lipinski definition) is 1. The monoisotopic (exact) mass is 329 g/mol. The van der Waals surface area contributed by atoms with Crippen molar-refractivity contribution in [1.29, 1.82) is 0 Å². The molecule has 2 saturated heterocycles. The van der Waals surface area contributed by atoms with Gasteiger partial charge in [-0.1, -0.05) is 24.6 Å². The molecule has 0 amide bonds. The molecule has 128 valence electrons. The second-order valence-electron chi connectivity index (χ2n) is 6.87. The zero-order valence-electron chi connectivity index (χ0n) is 13.1. The van der Waals surface area contributed by atoms with E-state index in [2.05, 4.69) is 16.7 Å². The number of fused-ring (bicyclic) bond motifs is 2. The van der Waals surface area contributed by atoms with Gasteiger partial charge in [-0.25, -0.2) is 0 Å². The lowest BCUT2D eigenvalue weighted by molar-refractivity contribution is -0.275. The van der Waals surface area contributed by atoms with Crippen LogP contribution in [-0.2, 0) is 6.42 Å². The summed E-state index contributed by atoms with van der Waals surface area (Å²) in [6, 6.07) is 6.72. The highest BCUT2D eigenvalue weighted by Gasteiger charge is 2.44. The van der Waals surface area contributed by atoms with E-state index in [9.17, 15) is 18.3 Å². The molecule has 6 heteroatoms. The molecule has 0 aliphatic carbocycles. The van der Waals surface area contributed by atoms with Crippen LogP contribution in [0.2, 0.25) is 0 Å². The summed E-state index contributed by atoms with van der Waals surface area (Å²) < 4.78 is 41.7. The number of halogens is 3. The maximum absolute atomic E-state index is 12.5. The van der Waals surface area contributed by atoms with Crippen LogP contribution in [0.4, 0.5) is 13.2 Å². The third-order valence-electron chi connectivity index (χ3n) is 5.18. The smallest absolute Gasteiger partial charge is 0.406 e. The van der Waals surface area contributed by atoms with Gasteiger partial charge in [0.25, 0.3) is 0 Å². The Kier molecular flexibility index (Phi) is 4.31. The van der Waals surface area contributed by atoms with Gasteiger partial charge < -0.3 is 14.7 Å². The summed E-state index contributed by atoms with van der Waals surface area (Å²) >= 11 is 0. The van der Waals surface area contributed by atoms with E-state index in [4.69, 9.17) is 0 Å².